The molecule has 2 aliphatic rings. The maximum atomic E-state index is 14.6. The Labute approximate surface area is 189 Å². The normalized spacial score (nSPS) is 14.5. The van der Waals surface area contributed by atoms with Crippen molar-refractivity contribution in [3.8, 4) is 23.0 Å². The molecule has 1 fully saturated rings. The van der Waals surface area contributed by atoms with Crippen LogP contribution in [0.4, 0.5) is 10.2 Å². The van der Waals surface area contributed by atoms with Crippen LogP contribution in [0.5, 0.6) is 0 Å². The zero-order chi connectivity index (χ0) is 23.5. The third kappa shape index (κ3) is 4.55. The molecule has 170 valence electrons. The quantitative estimate of drug-likeness (QED) is 0.522. The van der Waals surface area contributed by atoms with Gasteiger partial charge in [-0.15, -0.1) is 0 Å². The first-order chi connectivity index (χ1) is 15.9. The number of hydrogen-bond donors (Lipinski definition) is 3. The molecule has 33 heavy (non-hydrogen) atoms. The van der Waals surface area contributed by atoms with Gasteiger partial charge < -0.3 is 20.4 Å². The summed E-state index contributed by atoms with van der Waals surface area (Å²) in [5.41, 5.74) is 2.11. The van der Waals surface area contributed by atoms with E-state index < -0.39 is 12.1 Å². The Morgan fingerprint density at radius 1 is 1.21 bits per heavy atom. The Morgan fingerprint density at radius 2 is 1.94 bits per heavy atom. The number of nitrogens with one attached hydrogen (secondary N) is 1. The Balaban J connectivity index is 0.000000601. The molecule has 10 heteroatoms. The van der Waals surface area contributed by atoms with E-state index >= 15 is 0 Å². The van der Waals surface area contributed by atoms with Crippen LogP contribution in [0.2, 0.25) is 0 Å². The van der Waals surface area contributed by atoms with Crippen LogP contribution in [-0.4, -0.2) is 50.3 Å². The minimum atomic E-state index is -1.17. The molecular weight excluding hydrogens is 427 g/mol. The minimum absolute atomic E-state index is 0.130. The summed E-state index contributed by atoms with van der Waals surface area (Å²) in [5, 5.41) is 32.1. The number of aromatic nitrogens is 3. The predicted molar refractivity (Wildman–Crippen MR) is 118 cm³/mol. The molecule has 0 spiro atoms. The largest absolute Gasteiger partial charge is 0.368 e. The Kier molecular flexibility index (Phi) is 6.35. The number of hydrogen-bond acceptors (Lipinski definition) is 7. The van der Waals surface area contributed by atoms with Crippen LogP contribution in [0.3, 0.4) is 0 Å². The molecule has 1 amide bonds. The van der Waals surface area contributed by atoms with Gasteiger partial charge in [0, 0.05) is 25.4 Å². The average molecular weight is 450 g/mol. The van der Waals surface area contributed by atoms with Crippen LogP contribution in [-0.2, 0) is 6.54 Å². The molecule has 0 radical (unpaired) electrons. The zero-order valence-corrected chi connectivity index (χ0v) is 18.0. The second-order valence-electron chi connectivity index (χ2n) is 7.75. The molecule has 2 aromatic heterocycles. The van der Waals surface area contributed by atoms with Crippen molar-refractivity contribution in [3.05, 3.63) is 59.2 Å². The summed E-state index contributed by atoms with van der Waals surface area (Å²) >= 11 is 0. The van der Waals surface area contributed by atoms with Crippen molar-refractivity contribution in [1.82, 2.24) is 20.1 Å². The molecule has 1 aromatic carbocycles. The molecule has 0 aliphatic carbocycles. The number of benzene rings is 1. The van der Waals surface area contributed by atoms with Crippen LogP contribution in [0.25, 0.3) is 16.9 Å². The van der Waals surface area contributed by atoms with E-state index in [0.29, 0.717) is 22.6 Å². The first kappa shape index (κ1) is 22.4. The average Bonchev–Trinajstić information content (AvgIpc) is 3.54. The van der Waals surface area contributed by atoms with Crippen LogP contribution in [0.1, 0.15) is 41.4 Å². The van der Waals surface area contributed by atoms with Gasteiger partial charge in [-0.3, -0.25) is 4.79 Å². The number of amides is 1. The topological polar surface area (TPSA) is 127 Å². The standard InChI is InChI=1S/C21H17FN6O.C2H6O2/c22-14-5-3-4-13(11-23)19(14)15-10-17(20-16(25-15)12-24-21(20)29)28-9-6-18(26-28)27-7-1-2-8-27;1-2(3)4/h3-6,9-10H,1-2,7-8,12H2,(H,24,29);2-4H,1H3. The summed E-state index contributed by atoms with van der Waals surface area (Å²) in [5.74, 6) is 0.0795. The smallest absolute Gasteiger partial charge is 0.255 e. The van der Waals surface area contributed by atoms with E-state index in [1.165, 1.54) is 19.1 Å². The number of aliphatic hydroxyl groups is 2. The molecule has 0 unspecified atom stereocenters. The van der Waals surface area contributed by atoms with E-state index in [1.54, 1.807) is 23.0 Å². The molecule has 9 nitrogen and oxygen atoms in total. The highest BCUT2D eigenvalue weighted by Crippen LogP contribution is 2.31. The third-order valence-electron chi connectivity index (χ3n) is 5.36. The van der Waals surface area contributed by atoms with Crippen LogP contribution in [0.15, 0.2) is 36.5 Å². The van der Waals surface area contributed by atoms with Crippen molar-refractivity contribution >= 4 is 11.7 Å². The maximum Gasteiger partial charge on any atom is 0.255 e. The lowest BCUT2D eigenvalue weighted by molar-refractivity contribution is -0.0228. The Bertz CT molecular complexity index is 1220. The van der Waals surface area contributed by atoms with Gasteiger partial charge in [-0.25, -0.2) is 14.1 Å². The molecule has 3 N–H and O–H groups in total. The summed E-state index contributed by atoms with van der Waals surface area (Å²) in [4.78, 5) is 19.1. The summed E-state index contributed by atoms with van der Waals surface area (Å²) < 4.78 is 16.2. The van der Waals surface area contributed by atoms with E-state index in [0.717, 1.165) is 31.7 Å². The SMILES string of the molecule is CC(O)O.N#Cc1cccc(F)c1-c1cc(-n2ccc(N3CCCC3)n2)c2c(n1)CNC2=O. The van der Waals surface area contributed by atoms with Gasteiger partial charge in [0.2, 0.25) is 0 Å². The van der Waals surface area contributed by atoms with Crippen molar-refractivity contribution in [2.45, 2.75) is 32.6 Å². The van der Waals surface area contributed by atoms with Gasteiger partial charge >= 0.3 is 0 Å². The van der Waals surface area contributed by atoms with E-state index in [2.05, 4.69) is 20.3 Å². The van der Waals surface area contributed by atoms with Crippen LogP contribution in [0, 0.1) is 17.1 Å². The zero-order valence-electron chi connectivity index (χ0n) is 18.0. The molecule has 1 saturated heterocycles. The number of nitrogens with zero attached hydrogens (tertiary/aromatic N) is 5. The summed E-state index contributed by atoms with van der Waals surface area (Å²) in [6.07, 6.45) is 2.90. The van der Waals surface area contributed by atoms with Gasteiger partial charge in [-0.05, 0) is 38.0 Å². The number of rotatable bonds is 3. The monoisotopic (exact) mass is 450 g/mol. The highest BCUT2D eigenvalue weighted by atomic mass is 19.1. The molecule has 4 heterocycles. The van der Waals surface area contributed by atoms with Crippen molar-refractivity contribution in [2.75, 3.05) is 18.0 Å². The fourth-order valence-corrected chi connectivity index (χ4v) is 3.96. The summed E-state index contributed by atoms with van der Waals surface area (Å²) in [7, 11) is 0. The summed E-state index contributed by atoms with van der Waals surface area (Å²) in [6, 6.07) is 9.90. The molecule has 0 saturated carbocycles. The number of fused-ring (bicyclic) bond motifs is 1. The first-order valence-corrected chi connectivity index (χ1v) is 10.6. The molecule has 0 bridgehead atoms. The van der Waals surface area contributed by atoms with Gasteiger partial charge in [-0.2, -0.15) is 10.4 Å². The predicted octanol–water partition coefficient (Wildman–Crippen LogP) is 2.11. The Hall–Kier alpha value is -3.81. The lowest BCUT2D eigenvalue weighted by Gasteiger charge is -2.14. The van der Waals surface area contributed by atoms with Crippen LogP contribution >= 0.6 is 0 Å². The van der Waals surface area contributed by atoms with Gasteiger partial charge in [0.1, 0.15) is 12.1 Å². The number of halogens is 1. The highest BCUT2D eigenvalue weighted by molar-refractivity contribution is 6.01. The number of carbonyl (C=O) groups excluding carboxylic acids is 1. The van der Waals surface area contributed by atoms with Crippen LogP contribution < -0.4 is 10.2 Å². The van der Waals surface area contributed by atoms with Crippen molar-refractivity contribution in [2.24, 2.45) is 0 Å². The van der Waals surface area contributed by atoms with Crippen molar-refractivity contribution in [3.63, 3.8) is 0 Å². The lowest BCUT2D eigenvalue weighted by Crippen LogP contribution is -2.18. The molecular formula is C23H23FN6O3. The summed E-state index contributed by atoms with van der Waals surface area (Å²) in [6.45, 7) is 3.45. The van der Waals surface area contributed by atoms with E-state index in [1.807, 2.05) is 12.1 Å². The van der Waals surface area contributed by atoms with Gasteiger partial charge in [0.05, 0.1) is 46.4 Å². The van der Waals surface area contributed by atoms with E-state index in [9.17, 15) is 14.4 Å². The molecule has 2 aliphatic heterocycles. The van der Waals surface area contributed by atoms with Gasteiger partial charge in [0.15, 0.2) is 5.82 Å². The third-order valence-corrected chi connectivity index (χ3v) is 5.36. The number of pyridine rings is 1. The van der Waals surface area contributed by atoms with Gasteiger partial charge in [0.25, 0.3) is 5.91 Å². The number of anilines is 1. The molecule has 3 aromatic rings. The lowest BCUT2D eigenvalue weighted by atomic mass is 10.0. The second-order valence-corrected chi connectivity index (χ2v) is 7.75. The molecule has 0 atom stereocenters. The van der Waals surface area contributed by atoms with E-state index in [-0.39, 0.29) is 23.6 Å². The highest BCUT2D eigenvalue weighted by Gasteiger charge is 2.28. The Morgan fingerprint density at radius 3 is 2.64 bits per heavy atom. The second kappa shape index (κ2) is 9.36. The fourth-order valence-electron chi connectivity index (χ4n) is 3.96. The minimum Gasteiger partial charge on any atom is -0.368 e. The number of carbonyl (C=O) groups is 1. The first-order valence-electron chi connectivity index (χ1n) is 10.6. The number of aliphatic hydroxyl groups excluding tert-OH is 1. The van der Waals surface area contributed by atoms with Gasteiger partial charge in [-0.1, -0.05) is 6.07 Å². The maximum absolute atomic E-state index is 14.6. The van der Waals surface area contributed by atoms with Crippen molar-refractivity contribution < 1.29 is 19.4 Å². The molecule has 5 rings (SSSR count). The van der Waals surface area contributed by atoms with E-state index in [4.69, 9.17) is 10.2 Å². The number of nitriles is 1. The fraction of sp³-hybridized carbons (Fsp3) is 0.304. The van der Waals surface area contributed by atoms with Crippen molar-refractivity contribution in [1.29, 1.82) is 5.26 Å².